The molecule has 17 heavy (non-hydrogen) atoms. The maximum atomic E-state index is 4.60. The van der Waals surface area contributed by atoms with E-state index in [2.05, 4.69) is 41.4 Å². The minimum atomic E-state index is 0.474. The second kappa shape index (κ2) is 5.94. The van der Waals surface area contributed by atoms with Crippen molar-refractivity contribution < 1.29 is 0 Å². The van der Waals surface area contributed by atoms with Crippen molar-refractivity contribution in [1.29, 1.82) is 0 Å². The first-order chi connectivity index (χ1) is 8.20. The third kappa shape index (κ3) is 3.27. The van der Waals surface area contributed by atoms with E-state index >= 15 is 0 Å². The summed E-state index contributed by atoms with van der Waals surface area (Å²) in [6.07, 6.45) is 2.49. The highest BCUT2D eigenvalue weighted by Crippen LogP contribution is 2.26. The number of rotatable bonds is 5. The Morgan fingerprint density at radius 2 is 2.47 bits per heavy atom. The fraction of sp³-hybridized carbons (Fsp3) is 0.769. The summed E-state index contributed by atoms with van der Waals surface area (Å²) in [5, 5.41) is 7.02. The van der Waals surface area contributed by atoms with E-state index < -0.39 is 0 Å². The van der Waals surface area contributed by atoms with Crippen molar-refractivity contribution in [2.45, 2.75) is 45.7 Å². The van der Waals surface area contributed by atoms with E-state index in [1.807, 2.05) is 0 Å². The lowest BCUT2D eigenvalue weighted by atomic mass is 10.2. The molecule has 0 aliphatic carbocycles. The monoisotopic (exact) mass is 253 g/mol. The van der Waals surface area contributed by atoms with E-state index in [1.165, 1.54) is 30.9 Å². The Bertz CT molecular complexity index is 350. The molecule has 1 aliphatic heterocycles. The molecule has 0 saturated carbocycles. The van der Waals surface area contributed by atoms with Crippen LogP contribution < -0.4 is 5.32 Å². The van der Waals surface area contributed by atoms with Crippen LogP contribution in [0.1, 0.15) is 43.4 Å². The second-order valence-electron chi connectivity index (χ2n) is 4.94. The molecule has 1 aromatic heterocycles. The van der Waals surface area contributed by atoms with Crippen LogP contribution in [0.15, 0.2) is 5.38 Å². The molecule has 0 amide bonds. The highest BCUT2D eigenvalue weighted by atomic mass is 32.1. The SMILES string of the molecule is CCCNC1CCN(C(C)c2nc(C)cs2)C1. The van der Waals surface area contributed by atoms with Crippen molar-refractivity contribution in [3.63, 3.8) is 0 Å². The predicted octanol–water partition coefficient (Wildman–Crippen LogP) is 2.59. The first-order valence-electron chi connectivity index (χ1n) is 6.60. The molecule has 96 valence electrons. The molecule has 2 heterocycles. The molecule has 0 aromatic carbocycles. The highest BCUT2D eigenvalue weighted by Gasteiger charge is 2.27. The van der Waals surface area contributed by atoms with Gasteiger partial charge in [0.1, 0.15) is 5.01 Å². The number of thiazole rings is 1. The van der Waals surface area contributed by atoms with Crippen molar-refractivity contribution in [1.82, 2.24) is 15.2 Å². The van der Waals surface area contributed by atoms with E-state index in [0.29, 0.717) is 12.1 Å². The van der Waals surface area contributed by atoms with Crippen LogP contribution in [0.3, 0.4) is 0 Å². The molecular weight excluding hydrogens is 230 g/mol. The summed E-state index contributed by atoms with van der Waals surface area (Å²) in [6.45, 7) is 10.1. The van der Waals surface area contributed by atoms with Crippen LogP contribution in [-0.4, -0.2) is 35.6 Å². The molecule has 1 N–H and O–H groups in total. The van der Waals surface area contributed by atoms with Gasteiger partial charge in [-0.1, -0.05) is 6.92 Å². The van der Waals surface area contributed by atoms with E-state index in [9.17, 15) is 0 Å². The number of hydrogen-bond donors (Lipinski definition) is 1. The molecule has 1 aromatic rings. The average Bonchev–Trinajstić information content (AvgIpc) is 2.94. The molecule has 2 atom stereocenters. The van der Waals surface area contributed by atoms with Gasteiger partial charge in [-0.3, -0.25) is 4.90 Å². The van der Waals surface area contributed by atoms with Gasteiger partial charge in [0.2, 0.25) is 0 Å². The van der Waals surface area contributed by atoms with Crippen molar-refractivity contribution in [3.05, 3.63) is 16.1 Å². The third-order valence-corrected chi connectivity index (χ3v) is 4.58. The van der Waals surface area contributed by atoms with E-state index in [0.717, 1.165) is 12.2 Å². The topological polar surface area (TPSA) is 28.2 Å². The maximum Gasteiger partial charge on any atom is 0.110 e. The highest BCUT2D eigenvalue weighted by molar-refractivity contribution is 7.09. The Kier molecular flexibility index (Phi) is 4.54. The van der Waals surface area contributed by atoms with Crippen LogP contribution in [0.2, 0.25) is 0 Å². The van der Waals surface area contributed by atoms with Gasteiger partial charge >= 0.3 is 0 Å². The fourth-order valence-corrected chi connectivity index (χ4v) is 3.26. The van der Waals surface area contributed by atoms with Crippen LogP contribution in [-0.2, 0) is 0 Å². The van der Waals surface area contributed by atoms with Gasteiger partial charge in [-0.25, -0.2) is 4.98 Å². The summed E-state index contributed by atoms with van der Waals surface area (Å²) in [5.41, 5.74) is 1.15. The Morgan fingerprint density at radius 3 is 3.12 bits per heavy atom. The first kappa shape index (κ1) is 13.0. The summed E-state index contributed by atoms with van der Waals surface area (Å²) in [6, 6.07) is 1.15. The molecule has 1 aliphatic rings. The minimum Gasteiger partial charge on any atom is -0.313 e. The lowest BCUT2D eigenvalue weighted by Gasteiger charge is -2.22. The van der Waals surface area contributed by atoms with E-state index in [4.69, 9.17) is 0 Å². The number of nitrogens with zero attached hydrogens (tertiary/aromatic N) is 2. The van der Waals surface area contributed by atoms with Crippen LogP contribution >= 0.6 is 11.3 Å². The first-order valence-corrected chi connectivity index (χ1v) is 7.48. The minimum absolute atomic E-state index is 0.474. The normalized spacial score (nSPS) is 23.1. The van der Waals surface area contributed by atoms with Gasteiger partial charge in [-0.2, -0.15) is 0 Å². The van der Waals surface area contributed by atoms with Crippen molar-refractivity contribution in [3.8, 4) is 0 Å². The molecule has 2 unspecified atom stereocenters. The Hall–Kier alpha value is -0.450. The molecule has 1 saturated heterocycles. The summed E-state index contributed by atoms with van der Waals surface area (Å²) < 4.78 is 0. The number of hydrogen-bond acceptors (Lipinski definition) is 4. The molecule has 4 heteroatoms. The molecular formula is C13H23N3S. The summed E-state index contributed by atoms with van der Waals surface area (Å²) in [7, 11) is 0. The van der Waals surface area contributed by atoms with Crippen LogP contribution in [0.25, 0.3) is 0 Å². The van der Waals surface area contributed by atoms with Crippen LogP contribution in [0.4, 0.5) is 0 Å². The standard InChI is InChI=1S/C13H23N3S/c1-4-6-14-12-5-7-16(8-12)11(3)13-15-10(2)9-17-13/h9,11-12,14H,4-8H2,1-3H3. The molecule has 2 rings (SSSR count). The largest absolute Gasteiger partial charge is 0.313 e. The smallest absolute Gasteiger partial charge is 0.110 e. The third-order valence-electron chi connectivity index (χ3n) is 3.44. The quantitative estimate of drug-likeness (QED) is 0.874. The average molecular weight is 253 g/mol. The van der Waals surface area contributed by atoms with E-state index in [1.54, 1.807) is 11.3 Å². The fourth-order valence-electron chi connectivity index (χ4n) is 2.37. The number of aromatic nitrogens is 1. The van der Waals surface area contributed by atoms with Crippen LogP contribution in [0, 0.1) is 6.92 Å². The zero-order chi connectivity index (χ0) is 12.3. The van der Waals surface area contributed by atoms with Gasteiger partial charge in [0.25, 0.3) is 0 Å². The maximum absolute atomic E-state index is 4.60. The summed E-state index contributed by atoms with van der Waals surface area (Å²) in [5.74, 6) is 0. The molecule has 0 bridgehead atoms. The summed E-state index contributed by atoms with van der Waals surface area (Å²) in [4.78, 5) is 7.15. The Morgan fingerprint density at radius 1 is 1.65 bits per heavy atom. The zero-order valence-electron chi connectivity index (χ0n) is 11.1. The van der Waals surface area contributed by atoms with Gasteiger partial charge < -0.3 is 5.32 Å². The molecule has 3 nitrogen and oxygen atoms in total. The lowest BCUT2D eigenvalue weighted by Crippen LogP contribution is -2.33. The number of aryl methyl sites for hydroxylation is 1. The van der Waals surface area contributed by atoms with Gasteiger partial charge in [0, 0.05) is 30.2 Å². The van der Waals surface area contributed by atoms with Crippen LogP contribution in [0.5, 0.6) is 0 Å². The van der Waals surface area contributed by atoms with Gasteiger partial charge in [-0.05, 0) is 33.2 Å². The molecule has 0 radical (unpaired) electrons. The number of likely N-dealkylation sites (tertiary alicyclic amines) is 1. The second-order valence-corrected chi connectivity index (χ2v) is 5.83. The van der Waals surface area contributed by atoms with Gasteiger partial charge in [0.05, 0.1) is 6.04 Å². The Labute approximate surface area is 108 Å². The van der Waals surface area contributed by atoms with Gasteiger partial charge in [-0.15, -0.1) is 11.3 Å². The van der Waals surface area contributed by atoms with Crippen molar-refractivity contribution in [2.24, 2.45) is 0 Å². The zero-order valence-corrected chi connectivity index (χ0v) is 11.9. The molecule has 1 fully saturated rings. The van der Waals surface area contributed by atoms with Gasteiger partial charge in [0.15, 0.2) is 0 Å². The number of nitrogens with one attached hydrogen (secondary N) is 1. The lowest BCUT2D eigenvalue weighted by molar-refractivity contribution is 0.255. The van der Waals surface area contributed by atoms with E-state index in [-0.39, 0.29) is 0 Å². The Balaban J connectivity index is 1.87. The predicted molar refractivity (Wildman–Crippen MR) is 73.5 cm³/mol. The molecule has 0 spiro atoms. The van der Waals surface area contributed by atoms with Crippen molar-refractivity contribution in [2.75, 3.05) is 19.6 Å². The summed E-state index contributed by atoms with van der Waals surface area (Å²) >= 11 is 1.79. The van der Waals surface area contributed by atoms with Crippen molar-refractivity contribution >= 4 is 11.3 Å².